The van der Waals surface area contributed by atoms with Gasteiger partial charge in [0.1, 0.15) is 0 Å². The average Bonchev–Trinajstić information content (AvgIpc) is 3.05. The zero-order chi connectivity index (χ0) is 16.2. The fourth-order valence-electron chi connectivity index (χ4n) is 2.10. The van der Waals surface area contributed by atoms with Gasteiger partial charge in [-0.3, -0.25) is 10.1 Å². The van der Waals surface area contributed by atoms with E-state index in [0.717, 1.165) is 11.5 Å². The van der Waals surface area contributed by atoms with E-state index in [1.807, 2.05) is 25.6 Å². The molecule has 122 valence electrons. The predicted molar refractivity (Wildman–Crippen MR) is 92.3 cm³/mol. The highest BCUT2D eigenvalue weighted by Crippen LogP contribution is 2.28. The number of nitrogens with one attached hydrogen (secondary N) is 2. The van der Waals surface area contributed by atoms with Gasteiger partial charge in [0, 0.05) is 39.9 Å². The largest absolute Gasteiger partial charge is 0.366 e. The molecule has 0 aliphatic carbocycles. The van der Waals surface area contributed by atoms with E-state index in [-0.39, 0.29) is 16.2 Å². The van der Waals surface area contributed by atoms with Crippen molar-refractivity contribution in [1.29, 1.82) is 0 Å². The second-order valence-corrected chi connectivity index (χ2v) is 8.00. The molecule has 0 aromatic carbocycles. The molecule has 0 saturated carbocycles. The molecule has 0 atom stereocenters. The molecule has 0 fully saturated rings. The van der Waals surface area contributed by atoms with E-state index in [9.17, 15) is 10.1 Å². The minimum absolute atomic E-state index is 0.262. The third-order valence-corrected chi connectivity index (χ3v) is 5.88. The lowest BCUT2D eigenvalue weighted by atomic mass is 10.1. The molecule has 1 aromatic rings. The van der Waals surface area contributed by atoms with Crippen molar-refractivity contribution in [2.45, 2.75) is 31.6 Å². The highest BCUT2D eigenvalue weighted by molar-refractivity contribution is 7.98. The summed E-state index contributed by atoms with van der Waals surface area (Å²) in [5.74, 6) is 2.42. The van der Waals surface area contributed by atoms with Gasteiger partial charge in [0.25, 0.3) is 5.70 Å². The number of thioether (sulfide) groups is 1. The Labute approximate surface area is 138 Å². The maximum atomic E-state index is 10.8. The molecular weight excluding hydrogens is 320 g/mol. The van der Waals surface area contributed by atoms with Gasteiger partial charge in [-0.05, 0) is 26.0 Å². The van der Waals surface area contributed by atoms with E-state index in [4.69, 9.17) is 5.73 Å². The highest BCUT2D eigenvalue weighted by atomic mass is 32.2. The first-order valence-electron chi connectivity index (χ1n) is 7.19. The van der Waals surface area contributed by atoms with E-state index in [0.29, 0.717) is 25.3 Å². The molecule has 2 rings (SSSR count). The number of hydrogen-bond donors (Lipinski definition) is 3. The average molecular weight is 342 g/mol. The molecule has 4 N–H and O–H groups in total. The highest BCUT2D eigenvalue weighted by Gasteiger charge is 2.23. The first-order chi connectivity index (χ1) is 10.4. The van der Waals surface area contributed by atoms with Crippen LogP contribution in [-0.4, -0.2) is 23.8 Å². The van der Waals surface area contributed by atoms with Crippen molar-refractivity contribution >= 4 is 23.1 Å². The molecule has 1 aliphatic heterocycles. The van der Waals surface area contributed by atoms with Crippen LogP contribution >= 0.6 is 23.1 Å². The van der Waals surface area contributed by atoms with Crippen molar-refractivity contribution in [2.24, 2.45) is 5.73 Å². The molecule has 2 heterocycles. The van der Waals surface area contributed by atoms with Gasteiger partial charge in [-0.25, -0.2) is 0 Å². The molecule has 0 amide bonds. The van der Waals surface area contributed by atoms with Gasteiger partial charge >= 0.3 is 0 Å². The lowest BCUT2D eigenvalue weighted by Crippen LogP contribution is -2.27. The lowest BCUT2D eigenvalue weighted by Gasteiger charge is -2.15. The summed E-state index contributed by atoms with van der Waals surface area (Å²) in [6, 6.07) is 4.22. The normalized spacial score (nSPS) is 15.0. The zero-order valence-corrected chi connectivity index (χ0v) is 14.5. The third-order valence-electron chi connectivity index (χ3n) is 3.26. The van der Waals surface area contributed by atoms with Crippen LogP contribution in [0.5, 0.6) is 0 Å². The first kappa shape index (κ1) is 17.1. The summed E-state index contributed by atoms with van der Waals surface area (Å²) in [6.45, 7) is 5.37. The van der Waals surface area contributed by atoms with Crippen LogP contribution in [0.2, 0.25) is 0 Å². The number of rotatable bonds is 8. The van der Waals surface area contributed by atoms with Crippen LogP contribution in [0.1, 0.15) is 30.0 Å². The summed E-state index contributed by atoms with van der Waals surface area (Å²) < 4.78 is 0. The van der Waals surface area contributed by atoms with Gasteiger partial charge < -0.3 is 16.4 Å². The van der Waals surface area contributed by atoms with Crippen molar-refractivity contribution < 1.29 is 4.92 Å². The van der Waals surface area contributed by atoms with Crippen LogP contribution in [-0.2, 0) is 11.3 Å². The molecule has 22 heavy (non-hydrogen) atoms. The Hall–Kier alpha value is -1.25. The van der Waals surface area contributed by atoms with E-state index in [1.54, 1.807) is 11.3 Å². The third kappa shape index (κ3) is 4.62. The van der Waals surface area contributed by atoms with Gasteiger partial charge in [0.15, 0.2) is 5.82 Å². The van der Waals surface area contributed by atoms with Crippen LogP contribution < -0.4 is 16.4 Å². The van der Waals surface area contributed by atoms with E-state index < -0.39 is 0 Å². The Kier molecular flexibility index (Phi) is 5.71. The second kappa shape index (κ2) is 7.34. The monoisotopic (exact) mass is 342 g/mol. The fourth-order valence-corrected chi connectivity index (χ4v) is 4.09. The molecular formula is C14H22N4O2S2. The molecule has 6 nitrogen and oxygen atoms in total. The van der Waals surface area contributed by atoms with Crippen LogP contribution in [0.3, 0.4) is 0 Å². The van der Waals surface area contributed by atoms with Crippen LogP contribution in [0, 0.1) is 10.1 Å². The van der Waals surface area contributed by atoms with Gasteiger partial charge in [-0.15, -0.1) is 11.3 Å². The number of thiophene rings is 1. The number of nitrogens with two attached hydrogens (primary N) is 1. The molecule has 8 heteroatoms. The van der Waals surface area contributed by atoms with Crippen LogP contribution in [0.15, 0.2) is 23.7 Å². The molecule has 0 saturated heterocycles. The molecule has 1 aromatic heterocycles. The van der Waals surface area contributed by atoms with Crippen molar-refractivity contribution in [3.8, 4) is 0 Å². The zero-order valence-electron chi connectivity index (χ0n) is 12.8. The maximum absolute atomic E-state index is 10.8. The van der Waals surface area contributed by atoms with Crippen molar-refractivity contribution in [3.05, 3.63) is 43.5 Å². The quantitative estimate of drug-likeness (QED) is 0.381. The van der Waals surface area contributed by atoms with Crippen molar-refractivity contribution in [2.75, 3.05) is 18.8 Å². The number of nitrogens with zero attached hydrogens (tertiary/aromatic N) is 1. The summed E-state index contributed by atoms with van der Waals surface area (Å²) in [4.78, 5) is 13.0. The van der Waals surface area contributed by atoms with Crippen molar-refractivity contribution in [1.82, 2.24) is 10.6 Å². The summed E-state index contributed by atoms with van der Waals surface area (Å²) >= 11 is 3.56. The summed E-state index contributed by atoms with van der Waals surface area (Å²) in [5, 5.41) is 17.0. The Balaban J connectivity index is 1.71. The standard InChI is InChI=1S/C14H22N4O2S2/c1-14(2,15)12-4-3-10(22-12)9-21-8-7-17-13-11(18(19)20)5-6-16-13/h3-4,16-17H,5-9,15H2,1-2H3. The first-order valence-corrected chi connectivity index (χ1v) is 9.16. The van der Waals surface area contributed by atoms with Gasteiger partial charge in [0.05, 0.1) is 11.3 Å². The Morgan fingerprint density at radius 2 is 2.32 bits per heavy atom. The Morgan fingerprint density at radius 3 is 2.95 bits per heavy atom. The molecule has 0 bridgehead atoms. The van der Waals surface area contributed by atoms with Gasteiger partial charge in [-0.1, -0.05) is 0 Å². The summed E-state index contributed by atoms with van der Waals surface area (Å²) in [5.41, 5.74) is 6.06. The maximum Gasteiger partial charge on any atom is 0.287 e. The molecule has 0 unspecified atom stereocenters. The van der Waals surface area contributed by atoms with E-state index in [2.05, 4.69) is 22.8 Å². The van der Waals surface area contributed by atoms with Crippen molar-refractivity contribution in [3.63, 3.8) is 0 Å². The number of nitro groups is 1. The minimum atomic E-state index is -0.308. The minimum Gasteiger partial charge on any atom is -0.366 e. The molecule has 0 spiro atoms. The summed E-state index contributed by atoms with van der Waals surface area (Å²) in [7, 11) is 0. The van der Waals surface area contributed by atoms with E-state index >= 15 is 0 Å². The van der Waals surface area contributed by atoms with Crippen LogP contribution in [0.4, 0.5) is 0 Å². The fraction of sp³-hybridized carbons (Fsp3) is 0.571. The SMILES string of the molecule is CC(C)(N)c1ccc(CSCCNC2=C([N+](=O)[O-])CCN2)s1. The van der Waals surface area contributed by atoms with Gasteiger partial charge in [0.2, 0.25) is 0 Å². The van der Waals surface area contributed by atoms with Crippen LogP contribution in [0.25, 0.3) is 0 Å². The second-order valence-electron chi connectivity index (χ2n) is 5.72. The lowest BCUT2D eigenvalue weighted by molar-refractivity contribution is -0.427. The Morgan fingerprint density at radius 1 is 1.55 bits per heavy atom. The van der Waals surface area contributed by atoms with E-state index in [1.165, 1.54) is 9.75 Å². The van der Waals surface area contributed by atoms with Gasteiger partial charge in [-0.2, -0.15) is 11.8 Å². The smallest absolute Gasteiger partial charge is 0.287 e. The topological polar surface area (TPSA) is 93.2 Å². The Bertz CT molecular complexity index is 563. The number of hydrogen-bond acceptors (Lipinski definition) is 7. The molecule has 1 aliphatic rings. The summed E-state index contributed by atoms with van der Waals surface area (Å²) in [6.07, 6.45) is 0.481. The predicted octanol–water partition coefficient (Wildman–Crippen LogP) is 2.20. The molecule has 0 radical (unpaired) electrons.